The molecule has 188 valence electrons. The predicted octanol–water partition coefficient (Wildman–Crippen LogP) is 3.90. The van der Waals surface area contributed by atoms with Crippen molar-refractivity contribution >= 4 is 21.4 Å². The van der Waals surface area contributed by atoms with Crippen molar-refractivity contribution in [3.8, 4) is 28.4 Å². The number of benzene rings is 1. The molecule has 4 heterocycles. The zero-order chi connectivity index (χ0) is 26.0. The maximum atomic E-state index is 12.3. The van der Waals surface area contributed by atoms with Crippen LogP contribution in [0.5, 0.6) is 5.88 Å². The first-order valence-electron chi connectivity index (χ1n) is 11.6. The smallest absolute Gasteiger partial charge is 0.243 e. The number of nitrogens with two attached hydrogens (primary N) is 1. The van der Waals surface area contributed by atoms with Crippen LogP contribution in [0.25, 0.3) is 28.0 Å². The van der Waals surface area contributed by atoms with Gasteiger partial charge in [0.2, 0.25) is 15.9 Å². The van der Waals surface area contributed by atoms with Gasteiger partial charge in [-0.2, -0.15) is 0 Å². The lowest BCUT2D eigenvalue weighted by atomic mass is 10.1. The van der Waals surface area contributed by atoms with Gasteiger partial charge in [0.15, 0.2) is 11.6 Å². The van der Waals surface area contributed by atoms with E-state index in [1.165, 1.54) is 12.3 Å². The fraction of sp³-hybridized carbons (Fsp3) is 0.154. The molecule has 0 spiro atoms. The maximum absolute atomic E-state index is 12.3. The van der Waals surface area contributed by atoms with E-state index in [9.17, 15) is 8.42 Å². The normalized spacial score (nSPS) is 11.7. The van der Waals surface area contributed by atoms with Crippen LogP contribution in [0.1, 0.15) is 19.5 Å². The molecular formula is C26H25N7O3S. The van der Waals surface area contributed by atoms with Crippen molar-refractivity contribution in [2.45, 2.75) is 31.4 Å². The van der Waals surface area contributed by atoms with Gasteiger partial charge in [-0.1, -0.05) is 36.4 Å². The van der Waals surface area contributed by atoms with Gasteiger partial charge in [-0.05, 0) is 43.7 Å². The number of rotatable bonds is 8. The monoisotopic (exact) mass is 515 g/mol. The molecule has 0 saturated carbocycles. The Morgan fingerprint density at radius 2 is 1.81 bits per heavy atom. The van der Waals surface area contributed by atoms with E-state index in [-0.39, 0.29) is 22.7 Å². The number of pyridine rings is 2. The van der Waals surface area contributed by atoms with Crippen LogP contribution in [0, 0.1) is 0 Å². The number of anilines is 1. The summed E-state index contributed by atoms with van der Waals surface area (Å²) in [5, 5.41) is 13.5. The van der Waals surface area contributed by atoms with E-state index in [0.717, 1.165) is 22.3 Å². The summed E-state index contributed by atoms with van der Waals surface area (Å²) in [6, 6.07) is 19.0. The van der Waals surface area contributed by atoms with Gasteiger partial charge >= 0.3 is 0 Å². The molecule has 3 N–H and O–H groups in total. The van der Waals surface area contributed by atoms with E-state index in [1.807, 2.05) is 60.8 Å². The van der Waals surface area contributed by atoms with Gasteiger partial charge in [0.1, 0.15) is 10.4 Å². The summed E-state index contributed by atoms with van der Waals surface area (Å²) in [7, 11) is -4.11. The van der Waals surface area contributed by atoms with Gasteiger partial charge in [0.05, 0.1) is 18.3 Å². The molecule has 0 aliphatic rings. The van der Waals surface area contributed by atoms with Crippen LogP contribution < -0.4 is 15.2 Å². The topological polar surface area (TPSA) is 137 Å². The van der Waals surface area contributed by atoms with Crippen LogP contribution in [0.2, 0.25) is 0 Å². The van der Waals surface area contributed by atoms with Crippen LogP contribution in [-0.2, 0) is 16.6 Å². The highest BCUT2D eigenvalue weighted by Gasteiger charge is 2.21. The average molecular weight is 516 g/mol. The zero-order valence-corrected chi connectivity index (χ0v) is 21.1. The molecule has 4 aromatic heterocycles. The van der Waals surface area contributed by atoms with Crippen molar-refractivity contribution in [1.29, 1.82) is 0 Å². The van der Waals surface area contributed by atoms with E-state index >= 15 is 0 Å². The maximum Gasteiger partial charge on any atom is 0.243 e. The van der Waals surface area contributed by atoms with Crippen LogP contribution in [0.3, 0.4) is 0 Å². The number of hydrogen-bond donors (Lipinski definition) is 2. The zero-order valence-electron chi connectivity index (χ0n) is 20.2. The Morgan fingerprint density at radius 1 is 1.03 bits per heavy atom. The predicted molar refractivity (Wildman–Crippen MR) is 140 cm³/mol. The Bertz CT molecular complexity index is 1650. The minimum atomic E-state index is -4.11. The van der Waals surface area contributed by atoms with E-state index in [4.69, 9.17) is 14.9 Å². The number of hydrogen-bond acceptors (Lipinski definition) is 8. The average Bonchev–Trinajstić information content (AvgIpc) is 3.32. The second kappa shape index (κ2) is 9.96. The summed E-state index contributed by atoms with van der Waals surface area (Å²) in [5.74, 6) is 0.752. The number of fused-ring (bicyclic) bond motifs is 1. The second-order valence-electron chi connectivity index (χ2n) is 8.59. The van der Waals surface area contributed by atoms with Gasteiger partial charge in [-0.25, -0.2) is 28.0 Å². The van der Waals surface area contributed by atoms with Crippen molar-refractivity contribution in [1.82, 2.24) is 24.6 Å². The summed E-state index contributed by atoms with van der Waals surface area (Å²) < 4.78 is 31.9. The van der Waals surface area contributed by atoms with Gasteiger partial charge in [0, 0.05) is 29.7 Å². The fourth-order valence-electron chi connectivity index (χ4n) is 3.87. The van der Waals surface area contributed by atoms with Crippen LogP contribution in [0.4, 0.5) is 5.82 Å². The fourth-order valence-corrected chi connectivity index (χ4v) is 4.50. The molecule has 0 fully saturated rings. The minimum absolute atomic E-state index is 0.0665. The Morgan fingerprint density at radius 3 is 2.51 bits per heavy atom. The van der Waals surface area contributed by atoms with Gasteiger partial charge in [0.25, 0.3) is 0 Å². The molecule has 0 radical (unpaired) electrons. The number of sulfonamides is 1. The minimum Gasteiger partial charge on any atom is -0.474 e. The van der Waals surface area contributed by atoms with Crippen molar-refractivity contribution in [2.75, 3.05) is 5.32 Å². The number of nitrogens with one attached hydrogen (secondary N) is 1. The number of ether oxygens (including phenoxy) is 1. The lowest BCUT2D eigenvalue weighted by molar-refractivity contribution is 0.226. The Labute approximate surface area is 214 Å². The molecule has 10 nitrogen and oxygen atoms in total. The molecule has 0 aliphatic carbocycles. The summed E-state index contributed by atoms with van der Waals surface area (Å²) in [5.41, 5.74) is 3.93. The Hall–Kier alpha value is -4.35. The highest BCUT2D eigenvalue weighted by atomic mass is 32.2. The Kier molecular flexibility index (Phi) is 6.55. The van der Waals surface area contributed by atoms with Gasteiger partial charge in [-0.3, -0.25) is 4.98 Å². The molecule has 5 rings (SSSR count). The molecule has 11 heteroatoms. The first-order chi connectivity index (χ1) is 17.8. The lowest BCUT2D eigenvalue weighted by Crippen LogP contribution is -2.17. The van der Waals surface area contributed by atoms with E-state index in [2.05, 4.69) is 20.4 Å². The molecule has 37 heavy (non-hydrogen) atoms. The van der Waals surface area contributed by atoms with Crippen molar-refractivity contribution in [3.63, 3.8) is 0 Å². The first-order valence-corrected chi connectivity index (χ1v) is 13.1. The van der Waals surface area contributed by atoms with Crippen LogP contribution in [0.15, 0.2) is 84.1 Å². The van der Waals surface area contributed by atoms with Crippen molar-refractivity contribution < 1.29 is 13.2 Å². The third kappa shape index (κ3) is 5.27. The summed E-state index contributed by atoms with van der Waals surface area (Å²) >= 11 is 0. The summed E-state index contributed by atoms with van der Waals surface area (Å²) in [6.07, 6.45) is 4.74. The molecule has 5 aromatic rings. The van der Waals surface area contributed by atoms with E-state index < -0.39 is 10.0 Å². The first kappa shape index (κ1) is 24.3. The highest BCUT2D eigenvalue weighted by molar-refractivity contribution is 7.89. The molecule has 1 aromatic carbocycles. The lowest BCUT2D eigenvalue weighted by Gasteiger charge is -2.14. The molecule has 0 aliphatic heterocycles. The standard InChI is InChI=1S/C26H25N7O3S/c1-17(2)36-26-22(37(27,34)35)14-19(15-30-26)24-31-25(29-16-20-10-6-7-12-28-20)23-21(11-13-33(23)32-24)18-8-4-3-5-9-18/h3-15,17H,16H2,1-2H3,(H2,27,34,35)(H,29,31,32). The third-order valence-corrected chi connectivity index (χ3v) is 6.39. The molecular weight excluding hydrogens is 490 g/mol. The van der Waals surface area contributed by atoms with E-state index in [1.54, 1.807) is 24.6 Å². The molecule has 0 unspecified atom stereocenters. The molecule has 0 amide bonds. The number of aromatic nitrogens is 5. The summed E-state index contributed by atoms with van der Waals surface area (Å²) in [4.78, 5) is 13.1. The van der Waals surface area contributed by atoms with Gasteiger partial charge < -0.3 is 10.1 Å². The molecule has 0 bridgehead atoms. The molecule has 0 atom stereocenters. The largest absolute Gasteiger partial charge is 0.474 e. The van der Waals surface area contributed by atoms with E-state index in [0.29, 0.717) is 17.9 Å². The SMILES string of the molecule is CC(C)Oc1ncc(-c2nc(NCc3ccccn3)c3c(-c4ccccc4)ccn3n2)cc1S(N)(=O)=O. The van der Waals surface area contributed by atoms with Crippen molar-refractivity contribution in [3.05, 3.63) is 84.9 Å². The van der Waals surface area contributed by atoms with Crippen LogP contribution in [-0.4, -0.2) is 39.1 Å². The van der Waals surface area contributed by atoms with Crippen molar-refractivity contribution in [2.24, 2.45) is 5.14 Å². The third-order valence-electron chi connectivity index (χ3n) is 5.49. The molecule has 0 saturated heterocycles. The number of nitrogens with zero attached hydrogens (tertiary/aromatic N) is 5. The highest BCUT2D eigenvalue weighted by Crippen LogP contribution is 2.32. The van der Waals surface area contributed by atoms with Crippen LogP contribution >= 0.6 is 0 Å². The van der Waals surface area contributed by atoms with Gasteiger partial charge in [-0.15, -0.1) is 5.10 Å². The quantitative estimate of drug-likeness (QED) is 0.317. The summed E-state index contributed by atoms with van der Waals surface area (Å²) in [6.45, 7) is 3.97. The Balaban J connectivity index is 1.65. The number of primary sulfonamides is 1. The second-order valence-corrected chi connectivity index (χ2v) is 10.1.